The maximum Gasteiger partial charge on any atom is 0.330 e. The SMILES string of the molecule is C=CC(=O)OC1C(F)C(Br)C(F)C(F)C1Br. The first-order valence-electron chi connectivity index (χ1n) is 4.43. The lowest BCUT2D eigenvalue weighted by Crippen LogP contribution is -2.56. The molecule has 0 aromatic rings. The summed E-state index contributed by atoms with van der Waals surface area (Å²) >= 11 is 5.51. The van der Waals surface area contributed by atoms with Crippen LogP contribution in [0.15, 0.2) is 12.7 Å². The summed E-state index contributed by atoms with van der Waals surface area (Å²) in [5.41, 5.74) is 0. The van der Waals surface area contributed by atoms with E-state index in [1.54, 1.807) is 0 Å². The zero-order valence-electron chi connectivity index (χ0n) is 7.95. The van der Waals surface area contributed by atoms with Crippen LogP contribution in [0, 0.1) is 0 Å². The van der Waals surface area contributed by atoms with Crippen molar-refractivity contribution in [1.82, 2.24) is 0 Å². The van der Waals surface area contributed by atoms with E-state index in [1.165, 1.54) is 0 Å². The van der Waals surface area contributed by atoms with E-state index in [-0.39, 0.29) is 0 Å². The lowest BCUT2D eigenvalue weighted by molar-refractivity contribution is -0.150. The minimum Gasteiger partial charge on any atom is -0.455 e. The standard InChI is InChI=1S/C9H9Br2F3O2/c1-2-3(15)16-9-5(11)7(13)6(12)4(10)8(9)14/h2,4-9H,1H2. The Labute approximate surface area is 107 Å². The molecule has 1 rings (SSSR count). The number of carbonyl (C=O) groups excluding carboxylic acids is 1. The lowest BCUT2D eigenvalue weighted by atomic mass is 9.92. The Morgan fingerprint density at radius 1 is 1.12 bits per heavy atom. The normalized spacial score (nSPS) is 43.8. The second-order valence-corrected chi connectivity index (χ2v) is 5.44. The van der Waals surface area contributed by atoms with E-state index in [0.717, 1.165) is 6.08 Å². The molecule has 1 aliphatic rings. The molecule has 6 atom stereocenters. The summed E-state index contributed by atoms with van der Waals surface area (Å²) in [6.45, 7) is 3.14. The van der Waals surface area contributed by atoms with Crippen molar-refractivity contribution in [3.8, 4) is 0 Å². The smallest absolute Gasteiger partial charge is 0.330 e. The van der Waals surface area contributed by atoms with Crippen molar-refractivity contribution >= 4 is 37.8 Å². The quantitative estimate of drug-likeness (QED) is 0.427. The van der Waals surface area contributed by atoms with Gasteiger partial charge in [-0.2, -0.15) is 0 Å². The second-order valence-electron chi connectivity index (χ2n) is 3.33. The molecule has 0 N–H and O–H groups in total. The maximum absolute atomic E-state index is 13.6. The van der Waals surface area contributed by atoms with Gasteiger partial charge in [0.05, 0.1) is 9.65 Å². The summed E-state index contributed by atoms with van der Waals surface area (Å²) in [5.74, 6) is -0.874. The molecular weight excluding hydrogens is 357 g/mol. The summed E-state index contributed by atoms with van der Waals surface area (Å²) in [6, 6.07) is 0. The predicted molar refractivity (Wildman–Crippen MR) is 60.2 cm³/mol. The Morgan fingerprint density at radius 2 is 1.62 bits per heavy atom. The molecular formula is C9H9Br2F3O2. The Hall–Kier alpha value is -0.0400. The zero-order valence-corrected chi connectivity index (χ0v) is 11.1. The van der Waals surface area contributed by atoms with Crippen LogP contribution in [-0.2, 0) is 9.53 Å². The summed E-state index contributed by atoms with van der Waals surface area (Å²) in [6.07, 6.45) is -6.30. The first-order valence-corrected chi connectivity index (χ1v) is 6.26. The third kappa shape index (κ3) is 2.61. The van der Waals surface area contributed by atoms with E-state index in [2.05, 4.69) is 43.2 Å². The van der Waals surface area contributed by atoms with Crippen LogP contribution in [0.4, 0.5) is 13.2 Å². The van der Waals surface area contributed by atoms with Crippen LogP contribution in [0.25, 0.3) is 0 Å². The van der Waals surface area contributed by atoms with Crippen LogP contribution in [0.1, 0.15) is 0 Å². The van der Waals surface area contributed by atoms with E-state index in [0.29, 0.717) is 0 Å². The van der Waals surface area contributed by atoms with Gasteiger partial charge >= 0.3 is 5.97 Å². The van der Waals surface area contributed by atoms with Gasteiger partial charge in [0.2, 0.25) is 0 Å². The minimum atomic E-state index is -1.99. The van der Waals surface area contributed by atoms with Crippen molar-refractivity contribution in [2.75, 3.05) is 0 Å². The molecule has 2 nitrogen and oxygen atoms in total. The van der Waals surface area contributed by atoms with Crippen LogP contribution in [0.2, 0.25) is 0 Å². The number of carbonyl (C=O) groups is 1. The molecule has 0 aromatic heterocycles. The highest BCUT2D eigenvalue weighted by atomic mass is 79.9. The zero-order chi connectivity index (χ0) is 12.5. The van der Waals surface area contributed by atoms with Gasteiger partial charge in [0.1, 0.15) is 18.4 Å². The van der Waals surface area contributed by atoms with Gasteiger partial charge < -0.3 is 4.74 Å². The van der Waals surface area contributed by atoms with Crippen LogP contribution in [0.5, 0.6) is 0 Å². The molecule has 0 amide bonds. The van der Waals surface area contributed by atoms with Crippen LogP contribution in [0.3, 0.4) is 0 Å². The number of hydrogen-bond donors (Lipinski definition) is 0. The highest BCUT2D eigenvalue weighted by molar-refractivity contribution is 9.10. The maximum atomic E-state index is 13.6. The van der Waals surface area contributed by atoms with Gasteiger partial charge in [-0.25, -0.2) is 18.0 Å². The number of ether oxygens (including phenoxy) is 1. The van der Waals surface area contributed by atoms with Crippen molar-refractivity contribution in [2.24, 2.45) is 0 Å². The molecule has 7 heteroatoms. The summed E-state index contributed by atoms with van der Waals surface area (Å²) < 4.78 is 44.8. The average Bonchev–Trinajstić information content (AvgIpc) is 2.29. The third-order valence-electron chi connectivity index (χ3n) is 2.26. The fraction of sp³-hybridized carbons (Fsp3) is 0.667. The molecule has 0 aromatic carbocycles. The highest BCUT2D eigenvalue weighted by Crippen LogP contribution is 2.37. The van der Waals surface area contributed by atoms with Crippen LogP contribution < -0.4 is 0 Å². The molecule has 0 aliphatic heterocycles. The second kappa shape index (κ2) is 5.53. The Bertz CT molecular complexity index is 274. The fourth-order valence-corrected chi connectivity index (χ4v) is 2.66. The molecule has 1 fully saturated rings. The van der Waals surface area contributed by atoms with Gasteiger partial charge in [0, 0.05) is 6.08 Å². The summed E-state index contributed by atoms with van der Waals surface area (Å²) in [7, 11) is 0. The largest absolute Gasteiger partial charge is 0.455 e. The van der Waals surface area contributed by atoms with E-state index in [1.807, 2.05) is 0 Å². The van der Waals surface area contributed by atoms with Crippen molar-refractivity contribution in [3.05, 3.63) is 12.7 Å². The minimum absolute atomic E-state index is 0.838. The molecule has 92 valence electrons. The number of halogens is 5. The van der Waals surface area contributed by atoms with Gasteiger partial charge in [-0.3, -0.25) is 0 Å². The Morgan fingerprint density at radius 3 is 2.12 bits per heavy atom. The van der Waals surface area contributed by atoms with Crippen LogP contribution in [-0.4, -0.2) is 40.2 Å². The summed E-state index contributed by atoms with van der Waals surface area (Å²) in [5, 5.41) is 0. The number of rotatable bonds is 2. The molecule has 0 heterocycles. The molecule has 1 saturated carbocycles. The molecule has 0 radical (unpaired) electrons. The van der Waals surface area contributed by atoms with Crippen molar-refractivity contribution in [3.63, 3.8) is 0 Å². The van der Waals surface area contributed by atoms with Crippen LogP contribution >= 0.6 is 31.9 Å². The third-order valence-corrected chi connectivity index (χ3v) is 4.30. The van der Waals surface area contributed by atoms with Gasteiger partial charge in [-0.05, 0) is 0 Å². The van der Waals surface area contributed by atoms with E-state index >= 15 is 0 Å². The number of hydrogen-bond acceptors (Lipinski definition) is 2. The Balaban J connectivity index is 2.82. The van der Waals surface area contributed by atoms with Gasteiger partial charge in [-0.15, -0.1) is 0 Å². The molecule has 1 aliphatic carbocycles. The topological polar surface area (TPSA) is 26.3 Å². The van der Waals surface area contributed by atoms with Gasteiger partial charge in [0.15, 0.2) is 6.17 Å². The molecule has 0 saturated heterocycles. The first kappa shape index (κ1) is 14.0. The average molecular weight is 366 g/mol. The number of esters is 1. The van der Waals surface area contributed by atoms with E-state index in [9.17, 15) is 18.0 Å². The lowest BCUT2D eigenvalue weighted by Gasteiger charge is -2.37. The molecule has 0 spiro atoms. The summed E-state index contributed by atoms with van der Waals surface area (Å²) in [4.78, 5) is 8.36. The fourth-order valence-electron chi connectivity index (χ4n) is 1.38. The first-order chi connectivity index (χ1) is 7.40. The molecule has 6 unspecified atom stereocenters. The van der Waals surface area contributed by atoms with E-state index in [4.69, 9.17) is 0 Å². The molecule has 16 heavy (non-hydrogen) atoms. The van der Waals surface area contributed by atoms with Crippen molar-refractivity contribution in [1.29, 1.82) is 0 Å². The molecule has 0 bridgehead atoms. The van der Waals surface area contributed by atoms with Gasteiger partial charge in [0.25, 0.3) is 0 Å². The monoisotopic (exact) mass is 364 g/mol. The van der Waals surface area contributed by atoms with E-state index < -0.39 is 40.2 Å². The van der Waals surface area contributed by atoms with Crippen molar-refractivity contribution < 1.29 is 22.7 Å². The Kier molecular flexibility index (Phi) is 4.85. The highest BCUT2D eigenvalue weighted by Gasteiger charge is 2.52. The van der Waals surface area contributed by atoms with Gasteiger partial charge in [-0.1, -0.05) is 38.4 Å². The number of alkyl halides is 5. The van der Waals surface area contributed by atoms with Crippen molar-refractivity contribution in [2.45, 2.75) is 34.3 Å². The predicted octanol–water partition coefficient (Wildman–Crippen LogP) is 2.64.